The quantitative estimate of drug-likeness (QED) is 0.825. The highest BCUT2D eigenvalue weighted by Crippen LogP contribution is 2.18. The van der Waals surface area contributed by atoms with Crippen LogP contribution in [0.5, 0.6) is 11.6 Å². The van der Waals surface area contributed by atoms with Gasteiger partial charge in [-0.05, 0) is 31.0 Å². The normalized spacial score (nSPS) is 11.7. The molecule has 1 unspecified atom stereocenters. The summed E-state index contributed by atoms with van der Waals surface area (Å²) in [5, 5.41) is 11.8. The van der Waals surface area contributed by atoms with E-state index >= 15 is 0 Å². The van der Waals surface area contributed by atoms with Gasteiger partial charge in [0.2, 0.25) is 5.88 Å². The van der Waals surface area contributed by atoms with E-state index in [1.54, 1.807) is 12.1 Å². The summed E-state index contributed by atoms with van der Waals surface area (Å²) in [6.07, 6.45) is 2.80. The Morgan fingerprint density at radius 2 is 2.05 bits per heavy atom. The average molecular weight is 300 g/mol. The number of carbonyl (C=O) groups excluding carboxylic acids is 1. The van der Waals surface area contributed by atoms with Gasteiger partial charge in [0, 0.05) is 24.9 Å². The highest BCUT2D eigenvalue weighted by Gasteiger charge is 2.12. The van der Waals surface area contributed by atoms with Crippen LogP contribution < -0.4 is 10.1 Å². The molecule has 116 valence electrons. The van der Waals surface area contributed by atoms with E-state index in [0.29, 0.717) is 23.6 Å². The Balaban J connectivity index is 1.97. The van der Waals surface area contributed by atoms with E-state index in [2.05, 4.69) is 10.3 Å². The van der Waals surface area contributed by atoms with E-state index in [0.717, 1.165) is 6.42 Å². The molecule has 0 fully saturated rings. The predicted molar refractivity (Wildman–Crippen MR) is 84.0 cm³/mol. The van der Waals surface area contributed by atoms with Crippen LogP contribution in [0.15, 0.2) is 48.7 Å². The van der Waals surface area contributed by atoms with Crippen LogP contribution >= 0.6 is 0 Å². The number of carbonyl (C=O) groups is 1. The number of nitrogens with zero attached hydrogens (tertiary/aromatic N) is 1. The van der Waals surface area contributed by atoms with Gasteiger partial charge in [-0.2, -0.15) is 0 Å². The van der Waals surface area contributed by atoms with E-state index in [-0.39, 0.29) is 18.6 Å². The number of pyridine rings is 1. The topological polar surface area (TPSA) is 71.5 Å². The Kier molecular flexibility index (Phi) is 5.91. The molecule has 2 N–H and O–H groups in total. The van der Waals surface area contributed by atoms with Gasteiger partial charge in [0.25, 0.3) is 5.91 Å². The third kappa shape index (κ3) is 4.56. The molecule has 1 atom stereocenters. The Bertz CT molecular complexity index is 585. The van der Waals surface area contributed by atoms with Crippen molar-refractivity contribution in [3.05, 3.63) is 54.2 Å². The molecule has 0 spiro atoms. The number of amides is 1. The molecule has 0 aliphatic heterocycles. The molecule has 0 aliphatic rings. The molecule has 2 rings (SSSR count). The fourth-order valence-electron chi connectivity index (χ4n) is 1.99. The lowest BCUT2D eigenvalue weighted by atomic mass is 10.1. The number of benzene rings is 1. The zero-order valence-electron chi connectivity index (χ0n) is 12.5. The number of hydrogen-bond donors (Lipinski definition) is 2. The molecule has 0 saturated carbocycles. The maximum atomic E-state index is 12.1. The maximum Gasteiger partial charge on any atom is 0.253 e. The minimum atomic E-state index is -0.195. The number of ether oxygens (including phenoxy) is 1. The second-order valence-corrected chi connectivity index (χ2v) is 4.89. The summed E-state index contributed by atoms with van der Waals surface area (Å²) in [5.74, 6) is 0.936. The maximum absolute atomic E-state index is 12.1. The fourth-order valence-corrected chi connectivity index (χ4v) is 1.99. The predicted octanol–water partition coefficient (Wildman–Crippen LogP) is 2.76. The van der Waals surface area contributed by atoms with Crippen LogP contribution in [0.4, 0.5) is 0 Å². The summed E-state index contributed by atoms with van der Waals surface area (Å²) >= 11 is 0. The highest BCUT2D eigenvalue weighted by atomic mass is 16.5. The van der Waals surface area contributed by atoms with Crippen molar-refractivity contribution in [3.63, 3.8) is 0 Å². The Morgan fingerprint density at radius 1 is 1.27 bits per heavy atom. The Hall–Kier alpha value is -2.40. The number of para-hydroxylation sites is 1. The fraction of sp³-hybridized carbons (Fsp3) is 0.294. The zero-order chi connectivity index (χ0) is 15.8. The summed E-state index contributed by atoms with van der Waals surface area (Å²) in [7, 11) is 0. The Morgan fingerprint density at radius 3 is 2.64 bits per heavy atom. The van der Waals surface area contributed by atoms with Gasteiger partial charge in [-0.15, -0.1) is 0 Å². The standard InChI is InChI=1S/C17H20N2O3/c1-2-14(10-11-20)19-17(21)13-8-9-16(18-12-13)22-15-6-4-3-5-7-15/h3-9,12,14,20H,2,10-11H2,1H3,(H,19,21). The zero-order valence-corrected chi connectivity index (χ0v) is 12.5. The van der Waals surface area contributed by atoms with Gasteiger partial charge in [0.1, 0.15) is 5.75 Å². The molecule has 0 bridgehead atoms. The van der Waals surface area contributed by atoms with Crippen molar-refractivity contribution in [1.82, 2.24) is 10.3 Å². The summed E-state index contributed by atoms with van der Waals surface area (Å²) < 4.78 is 5.58. The number of aliphatic hydroxyl groups is 1. The molecule has 5 heteroatoms. The molecule has 22 heavy (non-hydrogen) atoms. The number of hydrogen-bond acceptors (Lipinski definition) is 4. The second kappa shape index (κ2) is 8.14. The van der Waals surface area contributed by atoms with Crippen molar-refractivity contribution in [3.8, 4) is 11.6 Å². The smallest absolute Gasteiger partial charge is 0.253 e. The van der Waals surface area contributed by atoms with Gasteiger partial charge in [-0.1, -0.05) is 25.1 Å². The lowest BCUT2D eigenvalue weighted by molar-refractivity contribution is 0.0928. The first kappa shape index (κ1) is 16.0. The monoisotopic (exact) mass is 300 g/mol. The van der Waals surface area contributed by atoms with Crippen molar-refractivity contribution >= 4 is 5.91 Å². The minimum Gasteiger partial charge on any atom is -0.439 e. The first-order valence-electron chi connectivity index (χ1n) is 7.33. The molecular formula is C17H20N2O3. The van der Waals surface area contributed by atoms with E-state index in [1.807, 2.05) is 37.3 Å². The van der Waals surface area contributed by atoms with Crippen molar-refractivity contribution < 1.29 is 14.6 Å². The van der Waals surface area contributed by atoms with Gasteiger partial charge < -0.3 is 15.2 Å². The van der Waals surface area contributed by atoms with E-state index in [4.69, 9.17) is 9.84 Å². The van der Waals surface area contributed by atoms with Crippen molar-refractivity contribution in [1.29, 1.82) is 0 Å². The SMILES string of the molecule is CCC(CCO)NC(=O)c1ccc(Oc2ccccc2)nc1. The van der Waals surface area contributed by atoms with Gasteiger partial charge >= 0.3 is 0 Å². The van der Waals surface area contributed by atoms with E-state index in [1.165, 1.54) is 6.20 Å². The molecule has 0 radical (unpaired) electrons. The largest absolute Gasteiger partial charge is 0.439 e. The summed E-state index contributed by atoms with van der Waals surface area (Å²) in [4.78, 5) is 16.2. The average Bonchev–Trinajstić information content (AvgIpc) is 2.56. The number of aromatic nitrogens is 1. The van der Waals surface area contributed by atoms with Gasteiger partial charge in [0.15, 0.2) is 0 Å². The lowest BCUT2D eigenvalue weighted by Gasteiger charge is -2.15. The molecule has 0 saturated heterocycles. The van der Waals surface area contributed by atoms with Crippen molar-refractivity contribution in [2.24, 2.45) is 0 Å². The molecule has 1 amide bonds. The van der Waals surface area contributed by atoms with E-state index in [9.17, 15) is 4.79 Å². The summed E-state index contributed by atoms with van der Waals surface area (Å²) in [6, 6.07) is 12.6. The van der Waals surface area contributed by atoms with Crippen LogP contribution in [0.1, 0.15) is 30.1 Å². The van der Waals surface area contributed by atoms with Crippen LogP contribution in [0, 0.1) is 0 Å². The van der Waals surface area contributed by atoms with Gasteiger partial charge in [-0.3, -0.25) is 4.79 Å². The van der Waals surface area contributed by atoms with Crippen molar-refractivity contribution in [2.45, 2.75) is 25.8 Å². The molecule has 2 aromatic rings. The van der Waals surface area contributed by atoms with Crippen molar-refractivity contribution in [2.75, 3.05) is 6.61 Å². The number of aliphatic hydroxyl groups excluding tert-OH is 1. The second-order valence-electron chi connectivity index (χ2n) is 4.89. The van der Waals surface area contributed by atoms with Gasteiger partial charge in [-0.25, -0.2) is 4.98 Å². The van der Waals surface area contributed by atoms with Crippen LogP contribution in [-0.4, -0.2) is 28.6 Å². The van der Waals surface area contributed by atoms with E-state index < -0.39 is 0 Å². The first-order valence-corrected chi connectivity index (χ1v) is 7.33. The molecule has 5 nitrogen and oxygen atoms in total. The minimum absolute atomic E-state index is 0.0299. The molecule has 1 aromatic heterocycles. The number of nitrogens with one attached hydrogen (secondary N) is 1. The number of rotatable bonds is 7. The lowest BCUT2D eigenvalue weighted by Crippen LogP contribution is -2.35. The van der Waals surface area contributed by atoms with Crippen LogP contribution in [0.25, 0.3) is 0 Å². The third-order valence-corrected chi connectivity index (χ3v) is 3.27. The van der Waals surface area contributed by atoms with Crippen LogP contribution in [-0.2, 0) is 0 Å². The summed E-state index contributed by atoms with van der Waals surface area (Å²) in [6.45, 7) is 2.02. The highest BCUT2D eigenvalue weighted by molar-refractivity contribution is 5.94. The third-order valence-electron chi connectivity index (χ3n) is 3.27. The Labute approximate surface area is 130 Å². The van der Waals surface area contributed by atoms with Crippen LogP contribution in [0.3, 0.4) is 0 Å². The van der Waals surface area contributed by atoms with Gasteiger partial charge in [0.05, 0.1) is 5.56 Å². The first-order chi connectivity index (χ1) is 10.7. The molecule has 1 aromatic carbocycles. The molecular weight excluding hydrogens is 280 g/mol. The van der Waals surface area contributed by atoms with Crippen LogP contribution in [0.2, 0.25) is 0 Å². The molecule has 1 heterocycles. The molecule has 0 aliphatic carbocycles. The summed E-state index contributed by atoms with van der Waals surface area (Å²) in [5.41, 5.74) is 0.469.